The summed E-state index contributed by atoms with van der Waals surface area (Å²) >= 11 is 1.78. The highest BCUT2D eigenvalue weighted by atomic mass is 32.2. The molecular weight excluding hydrogens is 254 g/mol. The molecule has 1 aromatic carbocycles. The number of hydrogen-bond donors (Lipinski definition) is 1. The van der Waals surface area contributed by atoms with E-state index < -0.39 is 6.43 Å². The first-order chi connectivity index (χ1) is 8.60. The third-order valence-corrected chi connectivity index (χ3v) is 3.57. The molecule has 2 N–H and O–H groups in total. The fraction of sp³-hybridized carbons (Fsp3) is 0.538. The molecule has 5 heteroatoms. The summed E-state index contributed by atoms with van der Waals surface area (Å²) in [5, 5.41) is 0. The fourth-order valence-corrected chi connectivity index (χ4v) is 2.30. The van der Waals surface area contributed by atoms with Gasteiger partial charge in [0.2, 0.25) is 0 Å². The standard InChI is InChI=1S/C13H20F2N2S/c1-17(7-8-18-2)12(9-16)10-3-5-11(6-4-10)13(14)15/h3-6,12-13H,7-9,16H2,1-2H3. The smallest absolute Gasteiger partial charge is 0.263 e. The Balaban J connectivity index is 2.75. The van der Waals surface area contributed by atoms with Gasteiger partial charge in [0.05, 0.1) is 0 Å². The largest absolute Gasteiger partial charge is 0.329 e. The Kier molecular flexibility index (Phi) is 6.60. The average molecular weight is 274 g/mol. The van der Waals surface area contributed by atoms with E-state index in [-0.39, 0.29) is 11.6 Å². The van der Waals surface area contributed by atoms with Gasteiger partial charge in [-0.05, 0) is 18.9 Å². The number of likely N-dealkylation sites (N-methyl/N-ethyl adjacent to an activating group) is 1. The van der Waals surface area contributed by atoms with E-state index in [4.69, 9.17) is 5.73 Å². The highest BCUT2D eigenvalue weighted by Crippen LogP contribution is 2.23. The number of benzene rings is 1. The van der Waals surface area contributed by atoms with Crippen LogP contribution in [0.2, 0.25) is 0 Å². The summed E-state index contributed by atoms with van der Waals surface area (Å²) in [6.07, 6.45) is -0.354. The van der Waals surface area contributed by atoms with Gasteiger partial charge in [-0.3, -0.25) is 4.90 Å². The van der Waals surface area contributed by atoms with Crippen LogP contribution < -0.4 is 5.73 Å². The topological polar surface area (TPSA) is 29.3 Å². The van der Waals surface area contributed by atoms with Gasteiger partial charge in [-0.15, -0.1) is 0 Å². The number of thioether (sulfide) groups is 1. The molecule has 0 bridgehead atoms. The van der Waals surface area contributed by atoms with Gasteiger partial charge in [-0.25, -0.2) is 8.78 Å². The van der Waals surface area contributed by atoms with Crippen LogP contribution in [0.5, 0.6) is 0 Å². The molecule has 102 valence electrons. The van der Waals surface area contributed by atoms with Gasteiger partial charge in [-0.1, -0.05) is 24.3 Å². The number of alkyl halides is 2. The maximum Gasteiger partial charge on any atom is 0.263 e. The lowest BCUT2D eigenvalue weighted by Gasteiger charge is -2.27. The lowest BCUT2D eigenvalue weighted by molar-refractivity contribution is 0.151. The minimum absolute atomic E-state index is 0.0567. The third kappa shape index (κ3) is 4.23. The molecule has 2 nitrogen and oxygen atoms in total. The zero-order valence-corrected chi connectivity index (χ0v) is 11.6. The van der Waals surface area contributed by atoms with E-state index >= 15 is 0 Å². The minimum atomic E-state index is -2.41. The van der Waals surface area contributed by atoms with Gasteiger partial charge in [-0.2, -0.15) is 11.8 Å². The van der Waals surface area contributed by atoms with Crippen molar-refractivity contribution in [3.8, 4) is 0 Å². The summed E-state index contributed by atoms with van der Waals surface area (Å²) in [5.41, 5.74) is 6.83. The second-order valence-corrected chi connectivity index (χ2v) is 5.18. The van der Waals surface area contributed by atoms with Crippen molar-refractivity contribution in [1.29, 1.82) is 0 Å². The second kappa shape index (κ2) is 7.71. The highest BCUT2D eigenvalue weighted by molar-refractivity contribution is 7.98. The van der Waals surface area contributed by atoms with Gasteiger partial charge >= 0.3 is 0 Å². The van der Waals surface area contributed by atoms with Crippen LogP contribution in [0.15, 0.2) is 24.3 Å². The maximum absolute atomic E-state index is 12.5. The Morgan fingerprint density at radius 3 is 2.22 bits per heavy atom. The van der Waals surface area contributed by atoms with Crippen molar-refractivity contribution < 1.29 is 8.78 Å². The molecular formula is C13H20F2N2S. The number of hydrogen-bond acceptors (Lipinski definition) is 3. The Bertz CT molecular complexity index is 343. The average Bonchev–Trinajstić information content (AvgIpc) is 2.37. The summed E-state index contributed by atoms with van der Waals surface area (Å²) in [7, 11) is 2.01. The van der Waals surface area contributed by atoms with E-state index in [1.165, 1.54) is 12.1 Å². The van der Waals surface area contributed by atoms with Crippen molar-refractivity contribution in [3.63, 3.8) is 0 Å². The fourth-order valence-electron chi connectivity index (χ4n) is 1.83. The molecule has 18 heavy (non-hydrogen) atoms. The molecule has 0 aromatic heterocycles. The molecule has 0 aliphatic heterocycles. The molecule has 1 atom stereocenters. The molecule has 0 aliphatic carbocycles. The molecule has 0 amide bonds. The van der Waals surface area contributed by atoms with Gasteiger partial charge in [0, 0.05) is 30.4 Å². The van der Waals surface area contributed by atoms with Crippen LogP contribution in [0.3, 0.4) is 0 Å². The van der Waals surface area contributed by atoms with Gasteiger partial charge in [0.1, 0.15) is 0 Å². The lowest BCUT2D eigenvalue weighted by atomic mass is 10.0. The first-order valence-electron chi connectivity index (χ1n) is 5.87. The predicted molar refractivity (Wildman–Crippen MR) is 74.2 cm³/mol. The van der Waals surface area contributed by atoms with Crippen molar-refractivity contribution in [1.82, 2.24) is 4.90 Å². The summed E-state index contributed by atoms with van der Waals surface area (Å²) in [6, 6.07) is 6.53. The molecule has 0 spiro atoms. The van der Waals surface area contributed by atoms with Crippen LogP contribution in [-0.4, -0.2) is 37.0 Å². The zero-order valence-electron chi connectivity index (χ0n) is 10.8. The van der Waals surface area contributed by atoms with Crippen molar-refractivity contribution in [3.05, 3.63) is 35.4 Å². The molecule has 0 saturated heterocycles. The van der Waals surface area contributed by atoms with Crippen LogP contribution >= 0.6 is 11.8 Å². The van der Waals surface area contributed by atoms with Crippen molar-refractivity contribution in [2.45, 2.75) is 12.5 Å². The summed E-state index contributed by atoms with van der Waals surface area (Å²) in [4.78, 5) is 2.16. The van der Waals surface area contributed by atoms with Crippen molar-refractivity contribution in [2.24, 2.45) is 5.73 Å². The van der Waals surface area contributed by atoms with E-state index in [0.29, 0.717) is 6.54 Å². The number of rotatable bonds is 7. The number of halogens is 2. The van der Waals surface area contributed by atoms with Crippen LogP contribution in [0.4, 0.5) is 8.78 Å². The van der Waals surface area contributed by atoms with Crippen LogP contribution in [0.1, 0.15) is 23.6 Å². The monoisotopic (exact) mass is 274 g/mol. The van der Waals surface area contributed by atoms with E-state index in [1.54, 1.807) is 23.9 Å². The maximum atomic E-state index is 12.5. The predicted octanol–water partition coefficient (Wildman–Crippen LogP) is 2.92. The Labute approximate surface area is 112 Å². The van der Waals surface area contributed by atoms with Gasteiger partial charge < -0.3 is 5.73 Å². The van der Waals surface area contributed by atoms with Crippen LogP contribution in [-0.2, 0) is 0 Å². The molecule has 0 aliphatic rings. The number of nitrogens with zero attached hydrogens (tertiary/aromatic N) is 1. The Hall–Kier alpha value is -0.650. The second-order valence-electron chi connectivity index (χ2n) is 4.19. The van der Waals surface area contributed by atoms with Crippen molar-refractivity contribution >= 4 is 11.8 Å². The summed E-state index contributed by atoms with van der Waals surface area (Å²) in [5.74, 6) is 1.03. The SMILES string of the molecule is CSCCN(C)C(CN)c1ccc(C(F)F)cc1. The van der Waals surface area contributed by atoms with Gasteiger partial charge in [0.15, 0.2) is 0 Å². The zero-order chi connectivity index (χ0) is 13.5. The minimum Gasteiger partial charge on any atom is -0.329 e. The molecule has 1 aromatic rings. The van der Waals surface area contributed by atoms with Crippen molar-refractivity contribution in [2.75, 3.05) is 32.1 Å². The summed E-state index contributed by atoms with van der Waals surface area (Å²) < 4.78 is 24.9. The quantitative estimate of drug-likeness (QED) is 0.829. The van der Waals surface area contributed by atoms with Crippen LogP contribution in [0, 0.1) is 0 Å². The van der Waals surface area contributed by atoms with E-state index in [1.807, 2.05) is 7.05 Å². The molecule has 1 unspecified atom stereocenters. The Morgan fingerprint density at radius 2 is 1.78 bits per heavy atom. The van der Waals surface area contributed by atoms with E-state index in [9.17, 15) is 8.78 Å². The molecule has 0 fully saturated rings. The van der Waals surface area contributed by atoms with E-state index in [0.717, 1.165) is 17.9 Å². The third-order valence-electron chi connectivity index (χ3n) is 2.98. The van der Waals surface area contributed by atoms with Crippen LogP contribution in [0.25, 0.3) is 0 Å². The lowest BCUT2D eigenvalue weighted by Crippen LogP contribution is -2.32. The molecule has 0 saturated carbocycles. The molecule has 0 heterocycles. The Morgan fingerprint density at radius 1 is 1.22 bits per heavy atom. The van der Waals surface area contributed by atoms with E-state index in [2.05, 4.69) is 11.2 Å². The molecule has 0 radical (unpaired) electrons. The number of nitrogens with two attached hydrogens (primary N) is 1. The first-order valence-corrected chi connectivity index (χ1v) is 7.26. The first kappa shape index (κ1) is 15.4. The molecule has 1 rings (SSSR count). The highest BCUT2D eigenvalue weighted by Gasteiger charge is 2.15. The normalized spacial score (nSPS) is 13.3. The van der Waals surface area contributed by atoms with Gasteiger partial charge in [0.25, 0.3) is 6.43 Å². The summed E-state index contributed by atoms with van der Waals surface area (Å²) in [6.45, 7) is 1.42.